The zero-order valence-electron chi connectivity index (χ0n) is 12.7. The molecular weight excluding hydrogens is 366 g/mol. The van der Waals surface area contributed by atoms with E-state index in [1.54, 1.807) is 0 Å². The summed E-state index contributed by atoms with van der Waals surface area (Å²) in [6.45, 7) is 0. The van der Waals surface area contributed by atoms with Crippen molar-refractivity contribution in [2.75, 3.05) is 0 Å². The van der Waals surface area contributed by atoms with Crippen LogP contribution in [0.1, 0.15) is 17.0 Å². The highest BCUT2D eigenvalue weighted by Gasteiger charge is 2.32. The standard InChI is InChI=1S/C20H14BrNO2/c21-18-8-4-3-7-16(18)19(17(12-22)20(23)24)15-10-9-13-5-1-2-6-14(13)11-15/h1-11,17,19H,(H,23,24). The molecule has 3 nitrogen and oxygen atoms in total. The number of benzene rings is 3. The van der Waals surface area contributed by atoms with E-state index < -0.39 is 17.8 Å². The first kappa shape index (κ1) is 16.2. The fourth-order valence-electron chi connectivity index (χ4n) is 2.95. The Morgan fingerprint density at radius 2 is 1.67 bits per heavy atom. The lowest BCUT2D eigenvalue weighted by molar-refractivity contribution is -0.140. The van der Waals surface area contributed by atoms with Crippen molar-refractivity contribution in [1.82, 2.24) is 0 Å². The van der Waals surface area contributed by atoms with E-state index in [1.807, 2.05) is 72.8 Å². The molecule has 0 aromatic heterocycles. The Labute approximate surface area is 148 Å². The highest BCUT2D eigenvalue weighted by Crippen LogP contribution is 2.37. The average Bonchev–Trinajstić information content (AvgIpc) is 2.59. The lowest BCUT2D eigenvalue weighted by Gasteiger charge is -2.22. The monoisotopic (exact) mass is 379 g/mol. The fraction of sp³-hybridized carbons (Fsp3) is 0.100. The van der Waals surface area contributed by atoms with Gasteiger partial charge in [-0.3, -0.25) is 4.79 Å². The van der Waals surface area contributed by atoms with E-state index in [0.29, 0.717) is 0 Å². The molecule has 24 heavy (non-hydrogen) atoms. The molecule has 2 atom stereocenters. The SMILES string of the molecule is N#CC(C(=O)O)C(c1ccc2ccccc2c1)c1ccccc1Br. The summed E-state index contributed by atoms with van der Waals surface area (Å²) in [5.74, 6) is -2.83. The van der Waals surface area contributed by atoms with Gasteiger partial charge in [0, 0.05) is 10.4 Å². The Balaban J connectivity index is 2.21. The van der Waals surface area contributed by atoms with Crippen LogP contribution in [-0.2, 0) is 4.79 Å². The van der Waals surface area contributed by atoms with Crippen molar-refractivity contribution in [2.45, 2.75) is 5.92 Å². The van der Waals surface area contributed by atoms with Crippen LogP contribution in [0.5, 0.6) is 0 Å². The topological polar surface area (TPSA) is 61.1 Å². The minimum absolute atomic E-state index is 0.548. The first-order valence-corrected chi connectivity index (χ1v) is 8.26. The van der Waals surface area contributed by atoms with E-state index in [-0.39, 0.29) is 0 Å². The first-order chi connectivity index (χ1) is 11.6. The van der Waals surface area contributed by atoms with Gasteiger partial charge in [0.15, 0.2) is 5.92 Å². The number of carbonyl (C=O) groups is 1. The Kier molecular flexibility index (Phi) is 4.64. The Morgan fingerprint density at radius 1 is 1.00 bits per heavy atom. The van der Waals surface area contributed by atoms with E-state index in [2.05, 4.69) is 15.9 Å². The van der Waals surface area contributed by atoms with Gasteiger partial charge in [0.1, 0.15) is 0 Å². The third-order valence-corrected chi connectivity index (χ3v) is 4.83. The molecule has 0 spiro atoms. The molecule has 0 aliphatic carbocycles. The molecule has 0 radical (unpaired) electrons. The third kappa shape index (κ3) is 3.04. The number of hydrogen-bond acceptors (Lipinski definition) is 2. The van der Waals surface area contributed by atoms with Gasteiger partial charge >= 0.3 is 5.97 Å². The van der Waals surface area contributed by atoms with Crippen molar-refractivity contribution >= 4 is 32.7 Å². The number of nitrogens with zero attached hydrogens (tertiary/aromatic N) is 1. The molecule has 0 heterocycles. The van der Waals surface area contributed by atoms with E-state index in [9.17, 15) is 15.2 Å². The number of carboxylic acid groups (broad SMARTS) is 1. The maximum atomic E-state index is 11.7. The minimum atomic E-state index is -1.16. The summed E-state index contributed by atoms with van der Waals surface area (Å²) in [6.07, 6.45) is 0. The number of hydrogen-bond donors (Lipinski definition) is 1. The lowest BCUT2D eigenvalue weighted by Crippen LogP contribution is -2.22. The van der Waals surface area contributed by atoms with Crippen LogP contribution >= 0.6 is 15.9 Å². The van der Waals surface area contributed by atoms with Crippen molar-refractivity contribution in [3.05, 3.63) is 82.3 Å². The summed E-state index contributed by atoms with van der Waals surface area (Å²) in [6, 6.07) is 23.1. The maximum absolute atomic E-state index is 11.7. The van der Waals surface area contributed by atoms with Gasteiger partial charge in [-0.2, -0.15) is 5.26 Å². The third-order valence-electron chi connectivity index (χ3n) is 4.11. The van der Waals surface area contributed by atoms with Gasteiger partial charge in [-0.1, -0.05) is 76.6 Å². The van der Waals surface area contributed by atoms with Crippen molar-refractivity contribution in [2.24, 2.45) is 5.92 Å². The van der Waals surface area contributed by atoms with Crippen LogP contribution in [0, 0.1) is 17.2 Å². The number of carboxylic acids is 1. The summed E-state index contributed by atoms with van der Waals surface area (Å²) in [5, 5.41) is 21.1. The van der Waals surface area contributed by atoms with E-state index in [4.69, 9.17) is 0 Å². The van der Waals surface area contributed by atoms with Gasteiger partial charge in [0.25, 0.3) is 0 Å². The quantitative estimate of drug-likeness (QED) is 0.696. The van der Waals surface area contributed by atoms with Crippen LogP contribution in [0.2, 0.25) is 0 Å². The highest BCUT2D eigenvalue weighted by atomic mass is 79.9. The molecular formula is C20H14BrNO2. The number of rotatable bonds is 4. The molecule has 3 aromatic carbocycles. The van der Waals surface area contributed by atoms with E-state index in [0.717, 1.165) is 26.4 Å². The molecule has 2 unspecified atom stereocenters. The van der Waals surface area contributed by atoms with Gasteiger partial charge in [0.05, 0.1) is 6.07 Å². The summed E-state index contributed by atoms with van der Waals surface area (Å²) >= 11 is 3.49. The summed E-state index contributed by atoms with van der Waals surface area (Å²) < 4.78 is 0.796. The van der Waals surface area contributed by atoms with Crippen molar-refractivity contribution < 1.29 is 9.90 Å². The van der Waals surface area contributed by atoms with Gasteiger partial charge in [-0.05, 0) is 28.0 Å². The van der Waals surface area contributed by atoms with Crippen LogP contribution in [0.3, 0.4) is 0 Å². The number of fused-ring (bicyclic) bond motifs is 1. The van der Waals surface area contributed by atoms with Gasteiger partial charge in [0.2, 0.25) is 0 Å². The van der Waals surface area contributed by atoms with Crippen molar-refractivity contribution in [3.63, 3.8) is 0 Å². The molecule has 0 aliphatic heterocycles. The molecule has 3 rings (SSSR count). The second-order valence-corrected chi connectivity index (χ2v) is 6.41. The number of halogens is 1. The highest BCUT2D eigenvalue weighted by molar-refractivity contribution is 9.10. The van der Waals surface area contributed by atoms with E-state index >= 15 is 0 Å². The Bertz CT molecular complexity index is 946. The molecule has 1 N–H and O–H groups in total. The predicted molar refractivity (Wildman–Crippen MR) is 96.7 cm³/mol. The van der Waals surface area contributed by atoms with Crippen molar-refractivity contribution in [1.29, 1.82) is 5.26 Å². The molecule has 0 amide bonds. The maximum Gasteiger partial charge on any atom is 0.321 e. The van der Waals surface area contributed by atoms with Crippen LogP contribution in [0.4, 0.5) is 0 Å². The summed E-state index contributed by atoms with van der Waals surface area (Å²) in [5.41, 5.74) is 1.61. The average molecular weight is 380 g/mol. The van der Waals surface area contributed by atoms with Crippen LogP contribution in [-0.4, -0.2) is 11.1 Å². The van der Waals surface area contributed by atoms with E-state index in [1.165, 1.54) is 0 Å². The molecule has 3 aromatic rings. The zero-order valence-corrected chi connectivity index (χ0v) is 14.3. The fourth-order valence-corrected chi connectivity index (χ4v) is 3.48. The molecule has 0 bridgehead atoms. The second-order valence-electron chi connectivity index (χ2n) is 5.55. The lowest BCUT2D eigenvalue weighted by atomic mass is 9.81. The molecule has 4 heteroatoms. The first-order valence-electron chi connectivity index (χ1n) is 7.47. The molecule has 0 fully saturated rings. The smallest absolute Gasteiger partial charge is 0.321 e. The van der Waals surface area contributed by atoms with Crippen LogP contribution in [0.25, 0.3) is 10.8 Å². The second kappa shape index (κ2) is 6.86. The van der Waals surface area contributed by atoms with Gasteiger partial charge in [-0.15, -0.1) is 0 Å². The Morgan fingerprint density at radius 3 is 2.33 bits per heavy atom. The minimum Gasteiger partial charge on any atom is -0.480 e. The molecule has 118 valence electrons. The largest absolute Gasteiger partial charge is 0.480 e. The predicted octanol–water partition coefficient (Wildman–Crippen LogP) is 4.96. The summed E-state index contributed by atoms with van der Waals surface area (Å²) in [7, 11) is 0. The molecule has 0 aliphatic rings. The molecule has 0 saturated heterocycles. The van der Waals surface area contributed by atoms with Gasteiger partial charge in [-0.25, -0.2) is 0 Å². The zero-order chi connectivity index (χ0) is 17.1. The normalized spacial score (nSPS) is 13.2. The van der Waals surface area contributed by atoms with Crippen molar-refractivity contribution in [3.8, 4) is 6.07 Å². The Hall–Kier alpha value is -2.64. The summed E-state index contributed by atoms with van der Waals surface area (Å²) in [4.78, 5) is 11.7. The molecule has 0 saturated carbocycles. The number of nitriles is 1. The number of aliphatic carboxylic acids is 1. The van der Waals surface area contributed by atoms with Crippen LogP contribution in [0.15, 0.2) is 71.2 Å². The van der Waals surface area contributed by atoms with Gasteiger partial charge < -0.3 is 5.11 Å². The van der Waals surface area contributed by atoms with Crippen LogP contribution < -0.4 is 0 Å².